The van der Waals surface area contributed by atoms with Gasteiger partial charge < -0.3 is 10.3 Å². The first kappa shape index (κ1) is 11.9. The number of hydrogen-bond donors (Lipinski definition) is 2. The lowest BCUT2D eigenvalue weighted by Gasteiger charge is -2.11. The second kappa shape index (κ2) is 4.81. The van der Waals surface area contributed by atoms with Crippen LogP contribution in [0.25, 0.3) is 5.65 Å². The SMILES string of the molecule is Cc1cc2ncc(CNC(C)c3ncc[nH]3)cn2n1. The Balaban J connectivity index is 1.71. The van der Waals surface area contributed by atoms with Gasteiger partial charge in [-0.25, -0.2) is 14.5 Å². The van der Waals surface area contributed by atoms with Gasteiger partial charge in [-0.05, 0) is 13.8 Å². The molecule has 0 fully saturated rings. The van der Waals surface area contributed by atoms with E-state index in [4.69, 9.17) is 0 Å². The Morgan fingerprint density at radius 2 is 2.32 bits per heavy atom. The molecule has 2 N–H and O–H groups in total. The fourth-order valence-electron chi connectivity index (χ4n) is 2.01. The van der Waals surface area contributed by atoms with Crippen LogP contribution in [0.5, 0.6) is 0 Å². The second-order valence-corrected chi connectivity index (χ2v) is 4.63. The van der Waals surface area contributed by atoms with E-state index in [-0.39, 0.29) is 6.04 Å². The van der Waals surface area contributed by atoms with Crippen molar-refractivity contribution in [1.82, 2.24) is 29.9 Å². The monoisotopic (exact) mass is 256 g/mol. The van der Waals surface area contributed by atoms with Gasteiger partial charge in [0.1, 0.15) is 5.82 Å². The summed E-state index contributed by atoms with van der Waals surface area (Å²) < 4.78 is 1.81. The van der Waals surface area contributed by atoms with Crippen molar-refractivity contribution in [1.29, 1.82) is 0 Å². The number of aromatic nitrogens is 5. The van der Waals surface area contributed by atoms with E-state index in [0.717, 1.165) is 29.3 Å². The summed E-state index contributed by atoms with van der Waals surface area (Å²) >= 11 is 0. The minimum Gasteiger partial charge on any atom is -0.347 e. The minimum absolute atomic E-state index is 0.171. The third-order valence-corrected chi connectivity index (χ3v) is 3.03. The van der Waals surface area contributed by atoms with Gasteiger partial charge in [0.2, 0.25) is 0 Å². The second-order valence-electron chi connectivity index (χ2n) is 4.63. The van der Waals surface area contributed by atoms with Gasteiger partial charge in [0.25, 0.3) is 0 Å². The van der Waals surface area contributed by atoms with Crippen molar-refractivity contribution in [2.45, 2.75) is 26.4 Å². The van der Waals surface area contributed by atoms with Crippen LogP contribution in [0.3, 0.4) is 0 Å². The smallest absolute Gasteiger partial charge is 0.155 e. The van der Waals surface area contributed by atoms with E-state index >= 15 is 0 Å². The van der Waals surface area contributed by atoms with Crippen LogP contribution in [-0.4, -0.2) is 24.6 Å². The van der Waals surface area contributed by atoms with Crippen LogP contribution in [0.4, 0.5) is 0 Å². The quantitative estimate of drug-likeness (QED) is 0.744. The summed E-state index contributed by atoms with van der Waals surface area (Å²) in [5.41, 5.74) is 2.94. The van der Waals surface area contributed by atoms with E-state index in [1.54, 1.807) is 6.20 Å². The lowest BCUT2D eigenvalue weighted by molar-refractivity contribution is 0.548. The molecule has 0 aromatic carbocycles. The summed E-state index contributed by atoms with van der Waals surface area (Å²) in [6.45, 7) is 4.76. The van der Waals surface area contributed by atoms with Crippen molar-refractivity contribution in [3.63, 3.8) is 0 Å². The zero-order chi connectivity index (χ0) is 13.2. The summed E-state index contributed by atoms with van der Waals surface area (Å²) in [7, 11) is 0. The summed E-state index contributed by atoms with van der Waals surface area (Å²) in [5, 5.41) is 7.76. The highest BCUT2D eigenvalue weighted by molar-refractivity contribution is 5.38. The molecule has 3 heterocycles. The number of rotatable bonds is 4. The largest absolute Gasteiger partial charge is 0.347 e. The lowest BCUT2D eigenvalue weighted by Crippen LogP contribution is -2.19. The van der Waals surface area contributed by atoms with E-state index in [0.29, 0.717) is 0 Å². The highest BCUT2D eigenvalue weighted by Gasteiger charge is 2.07. The number of H-pyrrole nitrogens is 1. The molecule has 1 unspecified atom stereocenters. The van der Waals surface area contributed by atoms with Crippen molar-refractivity contribution in [2.24, 2.45) is 0 Å². The summed E-state index contributed by atoms with van der Waals surface area (Å²) in [6, 6.07) is 2.13. The fourth-order valence-corrected chi connectivity index (χ4v) is 2.01. The Morgan fingerprint density at radius 1 is 1.42 bits per heavy atom. The van der Waals surface area contributed by atoms with Gasteiger partial charge >= 0.3 is 0 Å². The molecule has 0 amide bonds. The van der Waals surface area contributed by atoms with Gasteiger partial charge in [0, 0.05) is 43.0 Å². The van der Waals surface area contributed by atoms with Crippen molar-refractivity contribution in [3.05, 3.63) is 47.9 Å². The van der Waals surface area contributed by atoms with Crippen LogP contribution in [0, 0.1) is 6.92 Å². The van der Waals surface area contributed by atoms with Gasteiger partial charge in [-0.1, -0.05) is 0 Å². The molecule has 0 bridgehead atoms. The standard InChI is InChI=1S/C13H16N6/c1-9-5-12-17-7-11(8-19(12)18-9)6-16-10(2)13-14-3-4-15-13/h3-5,7-8,10,16H,6H2,1-2H3,(H,14,15). The highest BCUT2D eigenvalue weighted by Crippen LogP contribution is 2.08. The normalized spacial score (nSPS) is 12.9. The summed E-state index contributed by atoms with van der Waals surface area (Å²) in [5.74, 6) is 0.934. The molecule has 98 valence electrons. The maximum atomic E-state index is 4.38. The first-order chi connectivity index (χ1) is 9.22. The Kier molecular flexibility index (Phi) is 3.00. The molecule has 0 saturated heterocycles. The maximum Gasteiger partial charge on any atom is 0.155 e. The molecule has 3 rings (SSSR count). The van der Waals surface area contributed by atoms with Gasteiger partial charge in [0.05, 0.1) is 11.7 Å². The lowest BCUT2D eigenvalue weighted by atomic mass is 10.3. The van der Waals surface area contributed by atoms with Gasteiger partial charge in [-0.3, -0.25) is 0 Å². The molecule has 19 heavy (non-hydrogen) atoms. The average molecular weight is 256 g/mol. The number of nitrogens with one attached hydrogen (secondary N) is 2. The van der Waals surface area contributed by atoms with Crippen LogP contribution in [0.1, 0.15) is 30.0 Å². The molecular formula is C13H16N6. The molecule has 0 radical (unpaired) electrons. The molecule has 1 atom stereocenters. The molecule has 0 saturated carbocycles. The van der Waals surface area contributed by atoms with Crippen molar-refractivity contribution in [2.75, 3.05) is 0 Å². The molecule has 0 aliphatic rings. The molecule has 0 aliphatic heterocycles. The summed E-state index contributed by atoms with van der Waals surface area (Å²) in [6.07, 6.45) is 7.46. The number of hydrogen-bond acceptors (Lipinski definition) is 4. The number of aromatic amines is 1. The third-order valence-electron chi connectivity index (χ3n) is 3.03. The molecule has 6 heteroatoms. The Hall–Kier alpha value is -2.21. The fraction of sp³-hybridized carbons (Fsp3) is 0.308. The predicted molar refractivity (Wildman–Crippen MR) is 71.6 cm³/mol. The van der Waals surface area contributed by atoms with E-state index in [9.17, 15) is 0 Å². The van der Waals surface area contributed by atoms with Gasteiger partial charge in [-0.2, -0.15) is 5.10 Å². The first-order valence-corrected chi connectivity index (χ1v) is 6.26. The van der Waals surface area contributed by atoms with E-state index in [2.05, 4.69) is 32.3 Å². The molecule has 0 spiro atoms. The summed E-state index contributed by atoms with van der Waals surface area (Å²) in [4.78, 5) is 11.7. The molecule has 0 aliphatic carbocycles. The van der Waals surface area contributed by atoms with Crippen LogP contribution in [0.2, 0.25) is 0 Å². The van der Waals surface area contributed by atoms with Gasteiger partial charge in [0.15, 0.2) is 5.65 Å². The topological polar surface area (TPSA) is 70.9 Å². The van der Waals surface area contributed by atoms with E-state index in [1.165, 1.54) is 0 Å². The zero-order valence-electron chi connectivity index (χ0n) is 11.0. The Labute approximate surface area is 110 Å². The minimum atomic E-state index is 0.171. The number of imidazole rings is 1. The number of nitrogens with zero attached hydrogens (tertiary/aromatic N) is 4. The predicted octanol–water partition coefficient (Wildman–Crippen LogP) is 1.61. The first-order valence-electron chi connectivity index (χ1n) is 6.26. The Morgan fingerprint density at radius 3 is 3.11 bits per heavy atom. The Bertz CT molecular complexity index is 670. The molecule has 6 nitrogen and oxygen atoms in total. The van der Waals surface area contributed by atoms with E-state index in [1.807, 2.05) is 36.1 Å². The van der Waals surface area contributed by atoms with E-state index < -0.39 is 0 Å². The van der Waals surface area contributed by atoms with Gasteiger partial charge in [-0.15, -0.1) is 0 Å². The maximum absolute atomic E-state index is 4.38. The van der Waals surface area contributed by atoms with Crippen LogP contribution >= 0.6 is 0 Å². The number of fused-ring (bicyclic) bond motifs is 1. The van der Waals surface area contributed by atoms with Crippen LogP contribution in [0.15, 0.2) is 30.9 Å². The van der Waals surface area contributed by atoms with Crippen molar-refractivity contribution >= 4 is 5.65 Å². The molecular weight excluding hydrogens is 240 g/mol. The van der Waals surface area contributed by atoms with Crippen LogP contribution in [-0.2, 0) is 6.54 Å². The molecule has 3 aromatic heterocycles. The van der Waals surface area contributed by atoms with Crippen molar-refractivity contribution < 1.29 is 0 Å². The zero-order valence-corrected chi connectivity index (χ0v) is 11.0. The van der Waals surface area contributed by atoms with Crippen molar-refractivity contribution in [3.8, 4) is 0 Å². The van der Waals surface area contributed by atoms with Crippen LogP contribution < -0.4 is 5.32 Å². The molecule has 3 aromatic rings. The number of aryl methyl sites for hydroxylation is 1. The highest BCUT2D eigenvalue weighted by atomic mass is 15.2. The average Bonchev–Trinajstić information content (AvgIpc) is 3.03. The third kappa shape index (κ3) is 2.48.